The highest BCUT2D eigenvalue weighted by Gasteiger charge is 1.70. The van der Waals surface area contributed by atoms with Crippen molar-refractivity contribution in [3.63, 3.8) is 0 Å². The quantitative estimate of drug-likeness (QED) is 0.497. The largest absolute Gasteiger partial charge is 0.394 e. The van der Waals surface area contributed by atoms with Crippen LogP contribution in [0.15, 0.2) is 0 Å². The van der Waals surface area contributed by atoms with Gasteiger partial charge in [-0.1, -0.05) is 0 Å². The topological polar surface area (TPSA) is 80.9 Å². The number of hydrogen-bond donors (Lipinski definition) is 4. The molecule has 0 aromatic rings. The Morgan fingerprint density at radius 1 is 0.412 bits per heavy atom. The van der Waals surface area contributed by atoms with Crippen LogP contribution in [0.3, 0.4) is 0 Å². The van der Waals surface area contributed by atoms with Gasteiger partial charge in [0.1, 0.15) is 0 Å². The summed E-state index contributed by atoms with van der Waals surface area (Å²) in [5.74, 6) is 0. The molecule has 0 aromatic carbocycles. The maximum absolute atomic E-state index is 8.06. The molecule has 0 spiro atoms. The molecule has 0 aliphatic carbocycles. The summed E-state index contributed by atoms with van der Waals surface area (Å²) in [4.78, 5) is 0. The average molecular weight is 267 g/mol. The molecule has 0 aliphatic rings. The summed E-state index contributed by atoms with van der Waals surface area (Å²) in [5, 5.41) is 32.2. The molecule has 0 heterocycles. The van der Waals surface area contributed by atoms with Crippen molar-refractivity contribution in [3.8, 4) is 0 Å². The van der Waals surface area contributed by atoms with Crippen LogP contribution >= 0.6 is 0 Å². The zero-order valence-corrected chi connectivity index (χ0v) is 13.8. The Hall–Kier alpha value is 0.372. The minimum Gasteiger partial charge on any atom is -0.394 e. The molecule has 3 radical (unpaired) electrons. The van der Waals surface area contributed by atoms with Gasteiger partial charge in [0.15, 0.2) is 0 Å². The van der Waals surface area contributed by atoms with E-state index in [4.69, 9.17) is 20.4 Å². The van der Waals surface area contributed by atoms with E-state index < -0.39 is 0 Å². The third kappa shape index (κ3) is 24400. The summed E-state index contributed by atoms with van der Waals surface area (Å²) in [7, 11) is 0. The van der Waals surface area contributed by atoms with E-state index in [1.807, 2.05) is 0 Å². The lowest BCUT2D eigenvalue weighted by Crippen LogP contribution is -1.85. The van der Waals surface area contributed by atoms with Gasteiger partial charge in [-0.15, -0.1) is 0 Å². The second-order valence-electron chi connectivity index (χ2n) is 4.37. The molecule has 17 heavy (non-hydrogen) atoms. The molecule has 0 fully saturated rings. The van der Waals surface area contributed by atoms with Gasteiger partial charge >= 0.3 is 0 Å². The van der Waals surface area contributed by atoms with Gasteiger partial charge in [0, 0.05) is 41.8 Å². The second-order valence-corrected chi connectivity index (χ2v) is 4.37. The van der Waals surface area contributed by atoms with Crippen LogP contribution in [0.4, 0.5) is 0 Å². The zero-order chi connectivity index (χ0) is 14.3. The standard InChI is InChI=1S/4C3H8O.Al/c4*1-3(2)4;/h4*3-4H,1-2H3;. The maximum atomic E-state index is 8.06. The Morgan fingerprint density at radius 2 is 0.412 bits per heavy atom. The molecule has 0 unspecified atom stereocenters. The van der Waals surface area contributed by atoms with Crippen LogP contribution in [-0.2, 0) is 0 Å². The van der Waals surface area contributed by atoms with Crippen molar-refractivity contribution in [2.45, 2.75) is 79.8 Å². The lowest BCUT2D eigenvalue weighted by atomic mass is 10.5. The molecule has 4 N–H and O–H groups in total. The van der Waals surface area contributed by atoms with Crippen LogP contribution in [-0.4, -0.2) is 62.2 Å². The van der Waals surface area contributed by atoms with Crippen LogP contribution < -0.4 is 0 Å². The van der Waals surface area contributed by atoms with Crippen molar-refractivity contribution in [2.24, 2.45) is 0 Å². The minimum atomic E-state index is -0.167. The van der Waals surface area contributed by atoms with Gasteiger partial charge in [-0.25, -0.2) is 0 Å². The zero-order valence-electron chi connectivity index (χ0n) is 12.7. The van der Waals surface area contributed by atoms with Gasteiger partial charge in [-0.3, -0.25) is 0 Å². The average Bonchev–Trinajstić information content (AvgIpc) is 1.76. The van der Waals surface area contributed by atoms with Gasteiger partial charge < -0.3 is 20.4 Å². The molecule has 0 amide bonds. The summed E-state index contributed by atoms with van der Waals surface area (Å²) in [5.41, 5.74) is 0. The van der Waals surface area contributed by atoms with Gasteiger partial charge in [0.2, 0.25) is 0 Å². The van der Waals surface area contributed by atoms with E-state index in [-0.39, 0.29) is 41.8 Å². The summed E-state index contributed by atoms with van der Waals surface area (Å²) in [6.07, 6.45) is -0.667. The highest BCUT2D eigenvalue weighted by molar-refractivity contribution is 5.75. The molecular formula is C12H32AlO4. The first-order valence-electron chi connectivity index (χ1n) is 5.65. The fourth-order valence-corrected chi connectivity index (χ4v) is 0. The number of rotatable bonds is 0. The van der Waals surface area contributed by atoms with Crippen molar-refractivity contribution in [1.29, 1.82) is 0 Å². The van der Waals surface area contributed by atoms with Crippen molar-refractivity contribution in [1.82, 2.24) is 0 Å². The smallest absolute Gasteiger partial charge is 0.0483 e. The summed E-state index contributed by atoms with van der Waals surface area (Å²) in [6.45, 7) is 13.8. The van der Waals surface area contributed by atoms with Crippen molar-refractivity contribution >= 4 is 17.4 Å². The maximum Gasteiger partial charge on any atom is 0.0483 e. The number of hydrogen-bond acceptors (Lipinski definition) is 4. The molecule has 0 aromatic heterocycles. The van der Waals surface area contributed by atoms with E-state index in [9.17, 15) is 0 Å². The Bertz CT molecular complexity index is 61.5. The lowest BCUT2D eigenvalue weighted by molar-refractivity contribution is 0.215. The van der Waals surface area contributed by atoms with Gasteiger partial charge in [-0.2, -0.15) is 0 Å². The van der Waals surface area contributed by atoms with Crippen LogP contribution in [0.25, 0.3) is 0 Å². The van der Waals surface area contributed by atoms with E-state index in [0.717, 1.165) is 0 Å². The molecule has 0 aliphatic heterocycles. The normalized spacial score (nSPS) is 8.47. The number of aliphatic hydroxyl groups is 4. The second kappa shape index (κ2) is 25.3. The fraction of sp³-hybridized carbons (Fsp3) is 1.00. The molecular weight excluding hydrogens is 235 g/mol. The van der Waals surface area contributed by atoms with E-state index in [2.05, 4.69) is 0 Å². The third-order valence-corrected chi connectivity index (χ3v) is 0. The Balaban J connectivity index is -0.0000000369. The molecule has 0 saturated carbocycles. The molecule has 0 saturated heterocycles. The predicted octanol–water partition coefficient (Wildman–Crippen LogP) is 1.17. The van der Waals surface area contributed by atoms with Gasteiger partial charge in [0.25, 0.3) is 0 Å². The van der Waals surface area contributed by atoms with Crippen molar-refractivity contribution < 1.29 is 20.4 Å². The van der Waals surface area contributed by atoms with E-state index in [1.165, 1.54) is 0 Å². The van der Waals surface area contributed by atoms with Crippen LogP contribution in [0, 0.1) is 0 Å². The van der Waals surface area contributed by atoms with Gasteiger partial charge in [0.05, 0.1) is 0 Å². The SMILES string of the molecule is CC(C)O.CC(C)O.CC(C)O.CC(C)O.[Al]. The van der Waals surface area contributed by atoms with Crippen LogP contribution in [0.2, 0.25) is 0 Å². The summed E-state index contributed by atoms with van der Waals surface area (Å²) >= 11 is 0. The number of aliphatic hydroxyl groups excluding tert-OH is 4. The summed E-state index contributed by atoms with van der Waals surface area (Å²) in [6, 6.07) is 0. The molecule has 5 heteroatoms. The molecule has 4 nitrogen and oxygen atoms in total. The Labute approximate surface area is 118 Å². The summed E-state index contributed by atoms with van der Waals surface area (Å²) < 4.78 is 0. The third-order valence-electron chi connectivity index (χ3n) is 0. The lowest BCUT2D eigenvalue weighted by Gasteiger charge is -1.80. The first-order valence-corrected chi connectivity index (χ1v) is 5.65. The molecule has 107 valence electrons. The van der Waals surface area contributed by atoms with E-state index >= 15 is 0 Å². The van der Waals surface area contributed by atoms with Gasteiger partial charge in [-0.05, 0) is 55.4 Å². The first-order chi connectivity index (χ1) is 6.93. The molecule has 0 atom stereocenters. The molecule has 0 bridgehead atoms. The highest BCUT2D eigenvalue weighted by Crippen LogP contribution is 1.66. The van der Waals surface area contributed by atoms with E-state index in [1.54, 1.807) is 55.4 Å². The predicted molar refractivity (Wildman–Crippen MR) is 75.2 cm³/mol. The van der Waals surface area contributed by atoms with Crippen LogP contribution in [0.5, 0.6) is 0 Å². The van der Waals surface area contributed by atoms with Crippen LogP contribution in [0.1, 0.15) is 55.4 Å². The fourth-order valence-electron chi connectivity index (χ4n) is 0. The molecule has 0 rings (SSSR count). The van der Waals surface area contributed by atoms with Crippen molar-refractivity contribution in [2.75, 3.05) is 0 Å². The highest BCUT2D eigenvalue weighted by atomic mass is 27.0. The van der Waals surface area contributed by atoms with Crippen molar-refractivity contribution in [3.05, 3.63) is 0 Å². The van der Waals surface area contributed by atoms with E-state index in [0.29, 0.717) is 0 Å². The Morgan fingerprint density at radius 3 is 0.412 bits per heavy atom. The monoisotopic (exact) mass is 267 g/mol. The first kappa shape index (κ1) is 30.4. The minimum absolute atomic E-state index is 0. The Kier molecular flexibility index (Phi) is 45.2.